The standard InChI is InChI=1S/C14H17N/c1-3-6-12(2)15-10-9-13-7-4-5-8-14(13)11-15/h3-8H,2,9-11H2,1H3/b6-3-. The highest BCUT2D eigenvalue weighted by Gasteiger charge is 2.14. The second-order valence-electron chi connectivity index (χ2n) is 3.93. The molecule has 0 bridgehead atoms. The van der Waals surface area contributed by atoms with E-state index in [0.717, 1.165) is 25.2 Å². The van der Waals surface area contributed by atoms with Crippen LogP contribution < -0.4 is 0 Å². The molecule has 0 saturated heterocycles. The van der Waals surface area contributed by atoms with E-state index in [1.165, 1.54) is 11.1 Å². The SMILES string of the molecule is C=C(/C=C\C)N1CCc2ccccc2C1. The quantitative estimate of drug-likeness (QED) is 0.661. The third-order valence-electron chi connectivity index (χ3n) is 2.90. The third kappa shape index (κ3) is 2.12. The fourth-order valence-electron chi connectivity index (χ4n) is 2.04. The Labute approximate surface area is 91.7 Å². The second-order valence-corrected chi connectivity index (χ2v) is 3.93. The van der Waals surface area contributed by atoms with Crippen LogP contribution in [0.5, 0.6) is 0 Å². The van der Waals surface area contributed by atoms with Crippen molar-refractivity contribution in [2.75, 3.05) is 6.54 Å². The molecule has 2 rings (SSSR count). The van der Waals surface area contributed by atoms with Crippen LogP contribution in [-0.4, -0.2) is 11.4 Å². The van der Waals surface area contributed by atoms with Gasteiger partial charge in [0.05, 0.1) is 0 Å². The molecule has 0 radical (unpaired) electrons. The fraction of sp³-hybridized carbons (Fsp3) is 0.286. The van der Waals surface area contributed by atoms with Crippen LogP contribution >= 0.6 is 0 Å². The molecule has 0 spiro atoms. The Kier molecular flexibility index (Phi) is 2.91. The molecule has 1 heterocycles. The van der Waals surface area contributed by atoms with Crippen molar-refractivity contribution in [2.45, 2.75) is 19.9 Å². The minimum absolute atomic E-state index is 0.999. The van der Waals surface area contributed by atoms with Crippen molar-refractivity contribution in [1.82, 2.24) is 4.90 Å². The molecule has 0 unspecified atom stereocenters. The van der Waals surface area contributed by atoms with E-state index >= 15 is 0 Å². The summed E-state index contributed by atoms with van der Waals surface area (Å²) in [4.78, 5) is 2.34. The maximum atomic E-state index is 4.08. The van der Waals surface area contributed by atoms with Gasteiger partial charge in [-0.25, -0.2) is 0 Å². The van der Waals surface area contributed by atoms with E-state index in [1.54, 1.807) is 0 Å². The van der Waals surface area contributed by atoms with Crippen molar-refractivity contribution in [3.8, 4) is 0 Å². The van der Waals surface area contributed by atoms with Gasteiger partial charge in [0.25, 0.3) is 0 Å². The Morgan fingerprint density at radius 3 is 2.80 bits per heavy atom. The molecule has 1 aliphatic rings. The van der Waals surface area contributed by atoms with Crippen molar-refractivity contribution in [3.05, 3.63) is 59.8 Å². The monoisotopic (exact) mass is 199 g/mol. The Morgan fingerprint density at radius 2 is 2.07 bits per heavy atom. The highest BCUT2D eigenvalue weighted by Crippen LogP contribution is 2.21. The molecule has 0 amide bonds. The first-order valence-corrected chi connectivity index (χ1v) is 5.44. The smallest absolute Gasteiger partial charge is 0.0432 e. The van der Waals surface area contributed by atoms with Crippen molar-refractivity contribution in [1.29, 1.82) is 0 Å². The lowest BCUT2D eigenvalue weighted by Crippen LogP contribution is -2.28. The lowest BCUT2D eigenvalue weighted by Gasteiger charge is -2.30. The summed E-state index contributed by atoms with van der Waals surface area (Å²) in [6.45, 7) is 8.19. The average Bonchev–Trinajstić information content (AvgIpc) is 2.29. The molecule has 1 heteroatoms. The maximum absolute atomic E-state index is 4.08. The number of rotatable bonds is 2. The molecular weight excluding hydrogens is 182 g/mol. The number of benzene rings is 1. The van der Waals surface area contributed by atoms with Gasteiger partial charge in [0.15, 0.2) is 0 Å². The molecule has 0 aliphatic carbocycles. The fourth-order valence-corrected chi connectivity index (χ4v) is 2.04. The van der Waals surface area contributed by atoms with E-state index in [9.17, 15) is 0 Å². The van der Waals surface area contributed by atoms with Gasteiger partial charge in [0.2, 0.25) is 0 Å². The van der Waals surface area contributed by atoms with E-state index in [1.807, 2.05) is 13.0 Å². The molecule has 1 nitrogen and oxygen atoms in total. The van der Waals surface area contributed by atoms with Crippen molar-refractivity contribution in [2.24, 2.45) is 0 Å². The maximum Gasteiger partial charge on any atom is 0.0432 e. The van der Waals surface area contributed by atoms with Gasteiger partial charge >= 0.3 is 0 Å². The normalized spacial score (nSPS) is 15.4. The Hall–Kier alpha value is -1.50. The molecular formula is C14H17N. The molecule has 0 saturated carbocycles. The van der Waals surface area contributed by atoms with Gasteiger partial charge < -0.3 is 4.90 Å². The first-order valence-electron chi connectivity index (χ1n) is 5.44. The summed E-state index contributed by atoms with van der Waals surface area (Å²) in [5.74, 6) is 0. The first-order chi connectivity index (χ1) is 7.31. The predicted molar refractivity (Wildman–Crippen MR) is 64.5 cm³/mol. The molecule has 0 fully saturated rings. The first kappa shape index (κ1) is 10.0. The van der Waals surface area contributed by atoms with E-state index in [2.05, 4.69) is 41.8 Å². The number of hydrogen-bond donors (Lipinski definition) is 0. The Morgan fingerprint density at radius 1 is 1.33 bits per heavy atom. The van der Waals surface area contributed by atoms with Crippen molar-refractivity contribution in [3.63, 3.8) is 0 Å². The Bertz CT molecular complexity index is 390. The Balaban J connectivity index is 2.15. The zero-order valence-corrected chi connectivity index (χ0v) is 9.24. The minimum atomic E-state index is 0.999. The summed E-state index contributed by atoms with van der Waals surface area (Å²) in [5.41, 5.74) is 4.04. The molecule has 1 aromatic carbocycles. The molecule has 0 aromatic heterocycles. The van der Waals surface area contributed by atoms with Crippen LogP contribution in [0, 0.1) is 0 Å². The number of allylic oxidation sites excluding steroid dienone is 2. The van der Waals surface area contributed by atoms with E-state index < -0.39 is 0 Å². The summed E-state index contributed by atoms with van der Waals surface area (Å²) in [6, 6.07) is 8.67. The van der Waals surface area contributed by atoms with Crippen LogP contribution in [0.2, 0.25) is 0 Å². The van der Waals surface area contributed by atoms with Gasteiger partial charge in [0.1, 0.15) is 0 Å². The summed E-state index contributed by atoms with van der Waals surface area (Å²) in [7, 11) is 0. The number of nitrogens with zero attached hydrogens (tertiary/aromatic N) is 1. The zero-order valence-electron chi connectivity index (χ0n) is 9.24. The van der Waals surface area contributed by atoms with Crippen LogP contribution in [0.25, 0.3) is 0 Å². The van der Waals surface area contributed by atoms with Crippen LogP contribution in [0.4, 0.5) is 0 Å². The lowest BCUT2D eigenvalue weighted by molar-refractivity contribution is 0.333. The molecule has 1 aromatic rings. The lowest BCUT2D eigenvalue weighted by atomic mass is 9.99. The van der Waals surface area contributed by atoms with Gasteiger partial charge in [0, 0.05) is 18.8 Å². The minimum Gasteiger partial charge on any atom is -0.367 e. The van der Waals surface area contributed by atoms with Gasteiger partial charge in [-0.1, -0.05) is 36.9 Å². The second kappa shape index (κ2) is 4.35. The molecule has 0 atom stereocenters. The number of fused-ring (bicyclic) bond motifs is 1. The summed E-state index contributed by atoms with van der Waals surface area (Å²) in [5, 5.41) is 0. The van der Waals surface area contributed by atoms with E-state index in [4.69, 9.17) is 0 Å². The van der Waals surface area contributed by atoms with Gasteiger partial charge in [-0.15, -0.1) is 0 Å². The summed E-state index contributed by atoms with van der Waals surface area (Å²) < 4.78 is 0. The summed E-state index contributed by atoms with van der Waals surface area (Å²) >= 11 is 0. The van der Waals surface area contributed by atoms with Crippen molar-refractivity contribution < 1.29 is 0 Å². The molecule has 1 aliphatic heterocycles. The third-order valence-corrected chi connectivity index (χ3v) is 2.90. The van der Waals surface area contributed by atoms with Gasteiger partial charge in [-0.05, 0) is 30.5 Å². The zero-order chi connectivity index (χ0) is 10.7. The van der Waals surface area contributed by atoms with Crippen LogP contribution in [0.1, 0.15) is 18.1 Å². The molecule has 78 valence electrons. The topological polar surface area (TPSA) is 3.24 Å². The highest BCUT2D eigenvalue weighted by molar-refractivity contribution is 5.31. The van der Waals surface area contributed by atoms with Crippen LogP contribution in [0.3, 0.4) is 0 Å². The van der Waals surface area contributed by atoms with E-state index in [-0.39, 0.29) is 0 Å². The summed E-state index contributed by atoms with van der Waals surface area (Å²) in [6.07, 6.45) is 5.25. The molecule has 15 heavy (non-hydrogen) atoms. The average molecular weight is 199 g/mol. The van der Waals surface area contributed by atoms with Crippen LogP contribution in [0.15, 0.2) is 48.7 Å². The predicted octanol–water partition coefficient (Wildman–Crippen LogP) is 3.13. The number of hydrogen-bond acceptors (Lipinski definition) is 1. The van der Waals surface area contributed by atoms with Gasteiger partial charge in [-0.3, -0.25) is 0 Å². The van der Waals surface area contributed by atoms with Gasteiger partial charge in [-0.2, -0.15) is 0 Å². The highest BCUT2D eigenvalue weighted by atomic mass is 15.1. The van der Waals surface area contributed by atoms with E-state index in [0.29, 0.717) is 0 Å². The van der Waals surface area contributed by atoms with Crippen LogP contribution in [-0.2, 0) is 13.0 Å². The van der Waals surface area contributed by atoms with Crippen molar-refractivity contribution >= 4 is 0 Å². The molecule has 0 N–H and O–H groups in total. The largest absolute Gasteiger partial charge is 0.367 e.